The molecule has 1 amide bonds. The van der Waals surface area contributed by atoms with Gasteiger partial charge in [0.05, 0.1) is 12.8 Å². The van der Waals surface area contributed by atoms with E-state index in [0.717, 1.165) is 0 Å². The number of aromatic nitrogens is 1. The quantitative estimate of drug-likeness (QED) is 0.671. The topological polar surface area (TPSA) is 72.6 Å². The Morgan fingerprint density at radius 1 is 1.60 bits per heavy atom. The highest BCUT2D eigenvalue weighted by atomic mass is 16.5. The van der Waals surface area contributed by atoms with Crippen molar-refractivity contribution in [3.05, 3.63) is 18.0 Å². The Bertz CT molecular complexity index is 334. The minimum atomic E-state index is -0.451. The average Bonchev–Trinajstić information content (AvgIpc) is 2.69. The van der Waals surface area contributed by atoms with Crippen LogP contribution in [0.1, 0.15) is 17.5 Å². The fraction of sp³-hybridized carbons (Fsp3) is 0.444. The van der Waals surface area contributed by atoms with Crippen LogP contribution >= 0.6 is 0 Å². The van der Waals surface area contributed by atoms with Crippen molar-refractivity contribution in [1.29, 1.82) is 0 Å². The first kappa shape index (κ1) is 11.2. The Morgan fingerprint density at radius 2 is 2.33 bits per heavy atom. The second kappa shape index (κ2) is 5.14. The van der Waals surface area contributed by atoms with Gasteiger partial charge in [-0.05, 0) is 6.92 Å². The van der Waals surface area contributed by atoms with E-state index in [9.17, 15) is 9.59 Å². The lowest BCUT2D eigenvalue weighted by Gasteiger charge is -2.13. The van der Waals surface area contributed by atoms with Crippen LogP contribution < -0.4 is 0 Å². The van der Waals surface area contributed by atoms with Crippen LogP contribution in [-0.2, 0) is 9.53 Å². The van der Waals surface area contributed by atoms with Gasteiger partial charge < -0.3 is 14.2 Å². The summed E-state index contributed by atoms with van der Waals surface area (Å²) in [4.78, 5) is 23.8. The third-order valence-corrected chi connectivity index (χ3v) is 1.67. The number of likely N-dealkylation sites (N-methyl/N-ethyl adjacent to an activating group) is 1. The molecule has 0 saturated heterocycles. The molecule has 1 aromatic rings. The van der Waals surface area contributed by atoms with Gasteiger partial charge in [-0.15, -0.1) is 0 Å². The van der Waals surface area contributed by atoms with Gasteiger partial charge in [-0.25, -0.2) is 0 Å². The Kier molecular flexibility index (Phi) is 3.84. The maximum atomic E-state index is 11.5. The Balaban J connectivity index is 2.51. The fourth-order valence-corrected chi connectivity index (χ4v) is 0.986. The van der Waals surface area contributed by atoms with Crippen molar-refractivity contribution in [1.82, 2.24) is 10.1 Å². The molecule has 0 radical (unpaired) electrons. The first-order valence-electron chi connectivity index (χ1n) is 4.47. The molecule has 0 bridgehead atoms. The standard InChI is InChI=1S/C9H12N2O4/c1-3-14-8(12)6-11(2)9(13)7-4-5-10-15-7/h4-5H,3,6H2,1-2H3. The van der Waals surface area contributed by atoms with E-state index >= 15 is 0 Å². The summed E-state index contributed by atoms with van der Waals surface area (Å²) in [5.74, 6) is -0.754. The maximum absolute atomic E-state index is 11.5. The normalized spacial score (nSPS) is 9.73. The number of esters is 1. The third kappa shape index (κ3) is 3.08. The van der Waals surface area contributed by atoms with E-state index in [1.54, 1.807) is 6.92 Å². The van der Waals surface area contributed by atoms with Gasteiger partial charge in [0.25, 0.3) is 5.91 Å². The Hall–Kier alpha value is -1.85. The van der Waals surface area contributed by atoms with Crippen LogP contribution in [0.25, 0.3) is 0 Å². The monoisotopic (exact) mass is 212 g/mol. The summed E-state index contributed by atoms with van der Waals surface area (Å²) in [5, 5.41) is 3.40. The van der Waals surface area contributed by atoms with E-state index in [2.05, 4.69) is 9.68 Å². The summed E-state index contributed by atoms with van der Waals surface area (Å²) in [6, 6.07) is 1.43. The number of ether oxygens (including phenoxy) is 1. The largest absolute Gasteiger partial charge is 0.465 e. The van der Waals surface area contributed by atoms with Crippen LogP contribution in [0.5, 0.6) is 0 Å². The molecule has 1 aromatic heterocycles. The van der Waals surface area contributed by atoms with E-state index in [4.69, 9.17) is 4.74 Å². The van der Waals surface area contributed by atoms with E-state index in [1.807, 2.05) is 0 Å². The lowest BCUT2D eigenvalue weighted by Crippen LogP contribution is -2.32. The zero-order valence-corrected chi connectivity index (χ0v) is 8.60. The number of amides is 1. The second-order valence-corrected chi connectivity index (χ2v) is 2.84. The van der Waals surface area contributed by atoms with Gasteiger partial charge in [0.1, 0.15) is 6.54 Å². The molecule has 1 heterocycles. The highest BCUT2D eigenvalue weighted by Crippen LogP contribution is 2.01. The highest BCUT2D eigenvalue weighted by molar-refractivity contribution is 5.93. The van der Waals surface area contributed by atoms with E-state index in [-0.39, 0.29) is 12.3 Å². The van der Waals surface area contributed by atoms with Crippen molar-refractivity contribution < 1.29 is 18.8 Å². The molecule has 0 saturated carbocycles. The predicted octanol–water partition coefficient (Wildman–Crippen LogP) is 0.310. The number of carbonyl (C=O) groups is 2. The first-order chi connectivity index (χ1) is 7.15. The van der Waals surface area contributed by atoms with Crippen molar-refractivity contribution in [2.75, 3.05) is 20.2 Å². The van der Waals surface area contributed by atoms with Gasteiger partial charge in [-0.1, -0.05) is 5.16 Å². The van der Waals surface area contributed by atoms with Crippen molar-refractivity contribution in [2.24, 2.45) is 0 Å². The van der Waals surface area contributed by atoms with Crippen LogP contribution in [0.2, 0.25) is 0 Å². The lowest BCUT2D eigenvalue weighted by molar-refractivity contribution is -0.143. The summed E-state index contributed by atoms with van der Waals surface area (Å²) in [6.07, 6.45) is 1.37. The number of rotatable bonds is 4. The SMILES string of the molecule is CCOC(=O)CN(C)C(=O)c1ccno1. The number of nitrogens with zero attached hydrogens (tertiary/aromatic N) is 2. The molecule has 6 nitrogen and oxygen atoms in total. The zero-order chi connectivity index (χ0) is 11.3. The smallest absolute Gasteiger partial charge is 0.325 e. The molecule has 0 N–H and O–H groups in total. The van der Waals surface area contributed by atoms with E-state index in [1.165, 1.54) is 24.2 Å². The zero-order valence-electron chi connectivity index (χ0n) is 8.60. The summed E-state index contributed by atoms with van der Waals surface area (Å²) in [6.45, 7) is 1.90. The molecule has 15 heavy (non-hydrogen) atoms. The number of hydrogen-bond acceptors (Lipinski definition) is 5. The molecule has 0 atom stereocenters. The minimum Gasteiger partial charge on any atom is -0.465 e. The second-order valence-electron chi connectivity index (χ2n) is 2.84. The number of carbonyl (C=O) groups excluding carboxylic acids is 2. The van der Waals surface area contributed by atoms with Crippen molar-refractivity contribution >= 4 is 11.9 Å². The Morgan fingerprint density at radius 3 is 2.87 bits per heavy atom. The van der Waals surface area contributed by atoms with E-state index in [0.29, 0.717) is 6.61 Å². The molecular formula is C9H12N2O4. The molecule has 0 aliphatic heterocycles. The van der Waals surface area contributed by atoms with Gasteiger partial charge in [0.15, 0.2) is 0 Å². The lowest BCUT2D eigenvalue weighted by atomic mass is 10.4. The summed E-state index contributed by atoms with van der Waals surface area (Å²) >= 11 is 0. The molecule has 0 fully saturated rings. The van der Waals surface area contributed by atoms with Crippen molar-refractivity contribution in [3.8, 4) is 0 Å². The van der Waals surface area contributed by atoms with Crippen LogP contribution in [-0.4, -0.2) is 42.1 Å². The van der Waals surface area contributed by atoms with Gasteiger partial charge in [-0.3, -0.25) is 9.59 Å². The Labute approximate surface area is 86.8 Å². The van der Waals surface area contributed by atoms with Crippen molar-refractivity contribution in [2.45, 2.75) is 6.92 Å². The summed E-state index contributed by atoms with van der Waals surface area (Å²) < 4.78 is 9.37. The van der Waals surface area contributed by atoms with Crippen LogP contribution in [0.15, 0.2) is 16.8 Å². The molecule has 0 unspecified atom stereocenters. The van der Waals surface area contributed by atoms with E-state index < -0.39 is 11.9 Å². The minimum absolute atomic E-state index is 0.0989. The highest BCUT2D eigenvalue weighted by Gasteiger charge is 2.18. The molecule has 0 aliphatic carbocycles. The van der Waals surface area contributed by atoms with Crippen molar-refractivity contribution in [3.63, 3.8) is 0 Å². The third-order valence-electron chi connectivity index (χ3n) is 1.67. The van der Waals surface area contributed by atoms with Gasteiger partial charge >= 0.3 is 5.97 Å². The fourth-order valence-electron chi connectivity index (χ4n) is 0.986. The summed E-state index contributed by atoms with van der Waals surface area (Å²) in [5.41, 5.74) is 0. The van der Waals surface area contributed by atoms with Gasteiger partial charge in [0.2, 0.25) is 5.76 Å². The molecule has 82 valence electrons. The van der Waals surface area contributed by atoms with Crippen LogP contribution in [0.3, 0.4) is 0 Å². The van der Waals surface area contributed by atoms with Crippen LogP contribution in [0.4, 0.5) is 0 Å². The molecule has 6 heteroatoms. The average molecular weight is 212 g/mol. The maximum Gasteiger partial charge on any atom is 0.325 e. The van der Waals surface area contributed by atoms with Gasteiger partial charge in [0, 0.05) is 13.1 Å². The molecule has 0 aromatic carbocycles. The molecule has 1 rings (SSSR count). The number of hydrogen-bond donors (Lipinski definition) is 0. The molecular weight excluding hydrogens is 200 g/mol. The van der Waals surface area contributed by atoms with Crippen LogP contribution in [0, 0.1) is 0 Å². The molecule has 0 spiro atoms. The predicted molar refractivity (Wildman–Crippen MR) is 50.1 cm³/mol. The van der Waals surface area contributed by atoms with Gasteiger partial charge in [-0.2, -0.15) is 0 Å². The first-order valence-corrected chi connectivity index (χ1v) is 4.47. The summed E-state index contributed by atoms with van der Waals surface area (Å²) in [7, 11) is 1.49. The molecule has 0 aliphatic rings.